The van der Waals surface area contributed by atoms with E-state index in [4.69, 9.17) is 0 Å². The number of amides is 1. The molecule has 4 heterocycles. The topological polar surface area (TPSA) is 127 Å². The van der Waals surface area contributed by atoms with E-state index in [1.54, 1.807) is 35.7 Å². The van der Waals surface area contributed by atoms with E-state index in [2.05, 4.69) is 9.97 Å². The van der Waals surface area contributed by atoms with E-state index in [-0.39, 0.29) is 16.4 Å². The number of fused-ring (bicyclic) bond motifs is 1. The number of nitro groups is 1. The molecule has 158 valence electrons. The Morgan fingerprint density at radius 3 is 2.72 bits per heavy atom. The number of ketones is 1. The Kier molecular flexibility index (Phi) is 4.76. The summed E-state index contributed by atoms with van der Waals surface area (Å²) in [6.45, 7) is 0. The van der Waals surface area contributed by atoms with Crippen LogP contribution in [0.15, 0.2) is 71.4 Å². The van der Waals surface area contributed by atoms with Crippen molar-refractivity contribution < 1.29 is 19.6 Å². The number of aliphatic hydroxyl groups is 1. The average molecular weight is 464 g/mol. The molecule has 1 aliphatic heterocycles. The molecule has 1 N–H and O–H groups in total. The van der Waals surface area contributed by atoms with E-state index < -0.39 is 28.4 Å². The van der Waals surface area contributed by atoms with Gasteiger partial charge in [-0.3, -0.25) is 29.6 Å². The molecule has 0 aliphatic carbocycles. The van der Waals surface area contributed by atoms with E-state index in [0.29, 0.717) is 20.8 Å². The number of Topliss-reactive ketones (excluding diaryl/α,β-unsaturated/α-hetero) is 1. The Morgan fingerprint density at radius 1 is 1.19 bits per heavy atom. The molecule has 0 saturated carbocycles. The van der Waals surface area contributed by atoms with Crippen LogP contribution in [-0.4, -0.2) is 31.7 Å². The van der Waals surface area contributed by atoms with Gasteiger partial charge < -0.3 is 5.11 Å². The molecule has 3 aromatic heterocycles. The maximum absolute atomic E-state index is 13.2. The van der Waals surface area contributed by atoms with Crippen molar-refractivity contribution in [2.75, 3.05) is 4.90 Å². The van der Waals surface area contributed by atoms with Crippen molar-refractivity contribution in [3.63, 3.8) is 0 Å². The highest BCUT2D eigenvalue weighted by Gasteiger charge is 2.46. The van der Waals surface area contributed by atoms with E-state index in [1.165, 1.54) is 40.6 Å². The molecule has 1 atom stereocenters. The van der Waals surface area contributed by atoms with Gasteiger partial charge in [0.05, 0.1) is 31.3 Å². The molecule has 0 spiro atoms. The first-order chi connectivity index (χ1) is 15.5. The summed E-state index contributed by atoms with van der Waals surface area (Å²) in [6, 6.07) is 11.6. The first kappa shape index (κ1) is 20.0. The van der Waals surface area contributed by atoms with Crippen LogP contribution in [0.3, 0.4) is 0 Å². The van der Waals surface area contributed by atoms with Gasteiger partial charge >= 0.3 is 0 Å². The molecular weight excluding hydrogens is 452 g/mol. The molecule has 0 bridgehead atoms. The second-order valence-electron chi connectivity index (χ2n) is 6.81. The zero-order chi connectivity index (χ0) is 22.4. The van der Waals surface area contributed by atoms with Gasteiger partial charge in [0.1, 0.15) is 6.04 Å². The number of carbonyl (C=O) groups is 2. The number of carbonyl (C=O) groups excluding carboxylic acids is 2. The maximum atomic E-state index is 13.2. The fourth-order valence-corrected chi connectivity index (χ4v) is 5.21. The SMILES string of the molecule is O=C(C1=C(O)C(=O)N(c2nc3ccc([N+](=O)[O-])cc3s2)C1c1ccccn1)c1cccs1. The van der Waals surface area contributed by atoms with Crippen molar-refractivity contribution in [2.45, 2.75) is 6.04 Å². The minimum absolute atomic E-state index is 0.0820. The predicted molar refractivity (Wildman–Crippen MR) is 119 cm³/mol. The van der Waals surface area contributed by atoms with Crippen molar-refractivity contribution in [2.24, 2.45) is 0 Å². The molecule has 11 heteroatoms. The van der Waals surface area contributed by atoms with Crippen molar-refractivity contribution in [1.29, 1.82) is 0 Å². The Morgan fingerprint density at radius 2 is 2.03 bits per heavy atom. The summed E-state index contributed by atoms with van der Waals surface area (Å²) >= 11 is 2.26. The van der Waals surface area contributed by atoms with Gasteiger partial charge in [-0.25, -0.2) is 4.98 Å². The van der Waals surface area contributed by atoms with Gasteiger partial charge in [0.15, 0.2) is 10.9 Å². The number of hydrogen-bond donors (Lipinski definition) is 1. The predicted octanol–water partition coefficient (Wildman–Crippen LogP) is 4.44. The number of thiazole rings is 1. The second kappa shape index (κ2) is 7.62. The second-order valence-corrected chi connectivity index (χ2v) is 8.76. The number of hydrogen-bond acceptors (Lipinski definition) is 9. The van der Waals surface area contributed by atoms with E-state index >= 15 is 0 Å². The average Bonchev–Trinajstić information content (AvgIpc) is 3.52. The van der Waals surface area contributed by atoms with Gasteiger partial charge in [0, 0.05) is 18.3 Å². The summed E-state index contributed by atoms with van der Waals surface area (Å²) < 4.78 is 0.499. The molecule has 0 fully saturated rings. The molecule has 0 radical (unpaired) electrons. The third-order valence-electron chi connectivity index (χ3n) is 4.94. The van der Waals surface area contributed by atoms with Crippen LogP contribution < -0.4 is 4.90 Å². The Labute approximate surface area is 188 Å². The van der Waals surface area contributed by atoms with Crippen molar-refractivity contribution in [1.82, 2.24) is 9.97 Å². The molecule has 0 saturated heterocycles. The van der Waals surface area contributed by atoms with Crippen LogP contribution in [0, 0.1) is 10.1 Å². The number of rotatable bonds is 5. The quantitative estimate of drug-likeness (QED) is 0.263. The van der Waals surface area contributed by atoms with Gasteiger partial charge in [-0.1, -0.05) is 23.5 Å². The van der Waals surface area contributed by atoms with E-state index in [1.807, 2.05) is 0 Å². The Hall–Kier alpha value is -3.96. The van der Waals surface area contributed by atoms with Crippen LogP contribution >= 0.6 is 22.7 Å². The van der Waals surface area contributed by atoms with Gasteiger partial charge in [0.2, 0.25) is 5.78 Å². The van der Waals surface area contributed by atoms with Crippen LogP contribution in [0.2, 0.25) is 0 Å². The first-order valence-electron chi connectivity index (χ1n) is 9.26. The molecule has 32 heavy (non-hydrogen) atoms. The molecule has 1 amide bonds. The lowest BCUT2D eigenvalue weighted by molar-refractivity contribution is -0.384. The third kappa shape index (κ3) is 3.15. The number of benzene rings is 1. The van der Waals surface area contributed by atoms with Crippen LogP contribution in [0.4, 0.5) is 10.8 Å². The number of nitro benzene ring substituents is 1. The number of non-ortho nitro benzene ring substituents is 1. The summed E-state index contributed by atoms with van der Waals surface area (Å²) in [5, 5.41) is 23.8. The Bertz CT molecular complexity index is 1410. The highest BCUT2D eigenvalue weighted by molar-refractivity contribution is 7.22. The summed E-state index contributed by atoms with van der Waals surface area (Å²) in [4.78, 5) is 47.3. The number of thiophene rings is 1. The van der Waals surface area contributed by atoms with Crippen molar-refractivity contribution in [3.8, 4) is 0 Å². The van der Waals surface area contributed by atoms with Gasteiger partial charge in [-0.15, -0.1) is 11.3 Å². The minimum Gasteiger partial charge on any atom is -0.503 e. The van der Waals surface area contributed by atoms with Crippen molar-refractivity contribution in [3.05, 3.63) is 92.1 Å². The van der Waals surface area contributed by atoms with E-state index in [0.717, 1.165) is 11.3 Å². The number of anilines is 1. The summed E-state index contributed by atoms with van der Waals surface area (Å²) in [5.41, 5.74) is 0.661. The molecule has 4 aromatic rings. The zero-order valence-corrected chi connectivity index (χ0v) is 17.7. The van der Waals surface area contributed by atoms with Crippen molar-refractivity contribution >= 4 is 55.4 Å². The molecule has 1 aliphatic rings. The number of pyridine rings is 1. The van der Waals surface area contributed by atoms with Gasteiger partial charge in [0.25, 0.3) is 11.6 Å². The molecular formula is C21H12N4O5S2. The minimum atomic E-state index is -0.992. The first-order valence-corrected chi connectivity index (χ1v) is 11.0. The van der Waals surface area contributed by atoms with Crippen LogP contribution in [0.25, 0.3) is 10.2 Å². The number of aliphatic hydroxyl groups excluding tert-OH is 1. The monoisotopic (exact) mass is 464 g/mol. The lowest BCUT2D eigenvalue weighted by Crippen LogP contribution is -2.31. The lowest BCUT2D eigenvalue weighted by atomic mass is 9.99. The maximum Gasteiger partial charge on any atom is 0.296 e. The normalized spacial score (nSPS) is 16.2. The lowest BCUT2D eigenvalue weighted by Gasteiger charge is -2.23. The van der Waals surface area contributed by atoms with Gasteiger partial charge in [-0.05, 0) is 29.6 Å². The standard InChI is InChI=1S/C21H12N4O5S2/c26-18(14-5-3-9-31-14)16-17(13-4-1-2-8-22-13)24(20(28)19(16)27)21-23-12-7-6-11(25(29)30)10-15(12)32-21/h1-10,17,27H. The van der Waals surface area contributed by atoms with Crippen LogP contribution in [0.1, 0.15) is 21.4 Å². The highest BCUT2D eigenvalue weighted by atomic mass is 32.1. The fraction of sp³-hybridized carbons (Fsp3) is 0.0476. The zero-order valence-electron chi connectivity index (χ0n) is 16.0. The van der Waals surface area contributed by atoms with Gasteiger partial charge in [-0.2, -0.15) is 0 Å². The van der Waals surface area contributed by atoms with Crippen LogP contribution in [0.5, 0.6) is 0 Å². The van der Waals surface area contributed by atoms with Crippen LogP contribution in [-0.2, 0) is 4.79 Å². The highest BCUT2D eigenvalue weighted by Crippen LogP contribution is 2.44. The summed E-state index contributed by atoms with van der Waals surface area (Å²) in [6.07, 6.45) is 1.53. The molecule has 1 aromatic carbocycles. The molecule has 1 unspecified atom stereocenters. The Balaban J connectivity index is 1.66. The largest absolute Gasteiger partial charge is 0.503 e. The summed E-state index contributed by atoms with van der Waals surface area (Å²) in [7, 11) is 0. The van der Waals surface area contributed by atoms with E-state index in [9.17, 15) is 24.8 Å². The third-order valence-corrected chi connectivity index (χ3v) is 6.83. The number of nitrogens with zero attached hydrogens (tertiary/aromatic N) is 4. The fourth-order valence-electron chi connectivity index (χ4n) is 3.51. The molecule has 5 rings (SSSR count). The molecule has 9 nitrogen and oxygen atoms in total. The smallest absolute Gasteiger partial charge is 0.296 e. The number of aromatic nitrogens is 2. The summed E-state index contributed by atoms with van der Waals surface area (Å²) in [5.74, 6) is -1.92.